The van der Waals surface area contributed by atoms with Gasteiger partial charge in [0, 0.05) is 12.3 Å². The van der Waals surface area contributed by atoms with Crippen molar-refractivity contribution in [3.8, 4) is 0 Å². The molecule has 0 bridgehead atoms. The van der Waals surface area contributed by atoms with Crippen LogP contribution in [0.4, 0.5) is 10.6 Å². The van der Waals surface area contributed by atoms with Gasteiger partial charge in [-0.2, -0.15) is 0 Å². The molecule has 0 aliphatic carbocycles. The summed E-state index contributed by atoms with van der Waals surface area (Å²) in [4.78, 5) is 42.8. The molecule has 0 aliphatic heterocycles. The fourth-order valence-corrected chi connectivity index (χ4v) is 5.56. The maximum Gasteiger partial charge on any atom is 0.349 e. The van der Waals surface area contributed by atoms with E-state index in [2.05, 4.69) is 15.6 Å². The maximum absolute atomic E-state index is 13.1. The standard InChI is InChI=1S/C24H34N4O5S2/c1-16(2)11-12-17(15-35(33)19-10-8-14-34-19)22(30)28(32)23(31)27-20(24(3,4)5)21(29)26-18-9-6-7-13-25-18/h6-10,13-14,16-17,20,32H,11-12,15H2,1-5H3,(H,27,31)(H,25,26,29)/t17-,20-,35?/m1/s1. The van der Waals surface area contributed by atoms with Crippen LogP contribution in [0.3, 0.4) is 0 Å². The van der Waals surface area contributed by atoms with Gasteiger partial charge < -0.3 is 15.2 Å². The molecule has 1 unspecified atom stereocenters. The number of thiophene rings is 1. The van der Waals surface area contributed by atoms with Gasteiger partial charge in [0.1, 0.15) is 17.6 Å². The first-order valence-corrected chi connectivity index (χ1v) is 13.6. The fraction of sp³-hybridized carbons (Fsp3) is 0.500. The second-order valence-electron chi connectivity index (χ2n) is 9.72. The highest BCUT2D eigenvalue weighted by Gasteiger charge is 2.37. The minimum atomic E-state index is -1.45. The number of rotatable bonds is 10. The molecule has 0 spiro atoms. The Hall–Kier alpha value is -2.47. The molecular formula is C24H34N4O5S2. The Morgan fingerprint density at radius 1 is 1.17 bits per heavy atom. The predicted octanol–water partition coefficient (Wildman–Crippen LogP) is 4.28. The summed E-state index contributed by atoms with van der Waals surface area (Å²) in [5.74, 6) is -1.65. The number of urea groups is 1. The highest BCUT2D eigenvalue weighted by molar-refractivity contribution is 7.93. The van der Waals surface area contributed by atoms with Crippen molar-refractivity contribution < 1.29 is 24.1 Å². The average molecular weight is 523 g/mol. The van der Waals surface area contributed by atoms with E-state index in [1.54, 1.807) is 56.5 Å². The number of nitrogens with one attached hydrogen (secondary N) is 2. The molecule has 0 saturated heterocycles. The molecule has 0 saturated carbocycles. The minimum absolute atomic E-state index is 0.00338. The van der Waals surface area contributed by atoms with Gasteiger partial charge in [-0.15, -0.1) is 5.06 Å². The van der Waals surface area contributed by atoms with Crippen molar-refractivity contribution in [1.29, 1.82) is 0 Å². The summed E-state index contributed by atoms with van der Waals surface area (Å²) in [5.41, 5.74) is -0.740. The smallest absolute Gasteiger partial charge is 0.349 e. The predicted molar refractivity (Wildman–Crippen MR) is 136 cm³/mol. The van der Waals surface area contributed by atoms with Crippen LogP contribution < -0.4 is 10.6 Å². The van der Waals surface area contributed by atoms with E-state index in [1.165, 1.54) is 17.5 Å². The number of pyridine rings is 1. The van der Waals surface area contributed by atoms with Crippen molar-refractivity contribution in [2.45, 2.75) is 57.7 Å². The van der Waals surface area contributed by atoms with Crippen LogP contribution in [0.15, 0.2) is 46.1 Å². The highest BCUT2D eigenvalue weighted by atomic mass is 32.2. The van der Waals surface area contributed by atoms with Gasteiger partial charge in [-0.05, 0) is 52.5 Å². The van der Waals surface area contributed by atoms with E-state index in [1.807, 2.05) is 13.8 Å². The van der Waals surface area contributed by atoms with E-state index >= 15 is 0 Å². The highest BCUT2D eigenvalue weighted by Crippen LogP contribution is 2.25. The van der Waals surface area contributed by atoms with Gasteiger partial charge in [-0.1, -0.05) is 58.4 Å². The lowest BCUT2D eigenvalue weighted by Gasteiger charge is -2.31. The summed E-state index contributed by atoms with van der Waals surface area (Å²) < 4.78 is 13.4. The van der Waals surface area contributed by atoms with Crippen molar-refractivity contribution in [3.63, 3.8) is 0 Å². The SMILES string of the molecule is CC(C)CC[C@H](C[S+]([O-])c1cccs1)C(=O)N(O)C(=O)N[C@H](C(=O)Nc1ccccn1)C(C)(C)C. The first kappa shape index (κ1) is 28.8. The first-order chi connectivity index (χ1) is 16.4. The Kier molecular flexibility index (Phi) is 10.7. The average Bonchev–Trinajstić information content (AvgIpc) is 3.33. The zero-order chi connectivity index (χ0) is 26.2. The van der Waals surface area contributed by atoms with Crippen molar-refractivity contribution in [1.82, 2.24) is 15.4 Å². The summed E-state index contributed by atoms with van der Waals surface area (Å²) in [6, 6.07) is 6.32. The second kappa shape index (κ2) is 13.0. The summed E-state index contributed by atoms with van der Waals surface area (Å²) in [5, 5.41) is 17.4. The zero-order valence-electron chi connectivity index (χ0n) is 20.7. The molecule has 9 nitrogen and oxygen atoms in total. The van der Waals surface area contributed by atoms with Gasteiger partial charge in [0.2, 0.25) is 10.1 Å². The Bertz CT molecular complexity index is 964. The number of aromatic nitrogens is 1. The molecule has 3 atom stereocenters. The van der Waals surface area contributed by atoms with E-state index in [9.17, 15) is 24.1 Å². The number of nitrogens with zero attached hydrogens (tertiary/aromatic N) is 2. The minimum Gasteiger partial charge on any atom is -0.611 e. The van der Waals surface area contributed by atoms with Crippen LogP contribution in [-0.2, 0) is 20.8 Å². The molecule has 2 aromatic heterocycles. The number of imide groups is 1. The maximum atomic E-state index is 13.1. The van der Waals surface area contributed by atoms with Crippen LogP contribution in [0.1, 0.15) is 47.5 Å². The molecule has 192 valence electrons. The van der Waals surface area contributed by atoms with Crippen LogP contribution in [0.5, 0.6) is 0 Å². The number of hydroxylamine groups is 2. The van der Waals surface area contributed by atoms with E-state index in [0.29, 0.717) is 22.9 Å². The lowest BCUT2D eigenvalue weighted by molar-refractivity contribution is -0.157. The summed E-state index contributed by atoms with van der Waals surface area (Å²) >= 11 is -0.123. The van der Waals surface area contributed by atoms with Crippen LogP contribution in [-0.4, -0.2) is 49.4 Å². The number of hydrogen-bond donors (Lipinski definition) is 3. The molecule has 35 heavy (non-hydrogen) atoms. The first-order valence-electron chi connectivity index (χ1n) is 11.4. The number of carbonyl (C=O) groups excluding carboxylic acids is 3. The molecule has 2 rings (SSSR count). The third-order valence-electron chi connectivity index (χ3n) is 5.23. The Balaban J connectivity index is 2.13. The molecular weight excluding hydrogens is 488 g/mol. The Labute approximate surface area is 213 Å². The molecule has 0 radical (unpaired) electrons. The second-order valence-corrected chi connectivity index (χ2v) is 12.4. The van der Waals surface area contributed by atoms with E-state index < -0.39 is 46.4 Å². The summed E-state index contributed by atoms with van der Waals surface area (Å²) in [6.07, 6.45) is 2.54. The fourth-order valence-electron chi connectivity index (χ4n) is 3.24. The number of anilines is 1. The molecule has 0 aliphatic rings. The van der Waals surface area contributed by atoms with E-state index in [-0.39, 0.29) is 16.7 Å². The van der Waals surface area contributed by atoms with Crippen LogP contribution in [0.25, 0.3) is 0 Å². The third-order valence-corrected chi connectivity index (χ3v) is 8.03. The van der Waals surface area contributed by atoms with Crippen LogP contribution in [0, 0.1) is 17.3 Å². The topological polar surface area (TPSA) is 135 Å². The quantitative estimate of drug-likeness (QED) is 0.242. The molecule has 2 aromatic rings. The molecule has 11 heteroatoms. The van der Waals surface area contributed by atoms with Crippen molar-refractivity contribution in [2.24, 2.45) is 17.3 Å². The van der Waals surface area contributed by atoms with Crippen molar-refractivity contribution in [2.75, 3.05) is 11.1 Å². The molecule has 2 heterocycles. The Morgan fingerprint density at radius 3 is 2.43 bits per heavy atom. The number of carbonyl (C=O) groups is 3. The number of amides is 4. The van der Waals surface area contributed by atoms with Gasteiger partial charge in [0.25, 0.3) is 5.91 Å². The van der Waals surface area contributed by atoms with Gasteiger partial charge in [0.05, 0.1) is 5.92 Å². The van der Waals surface area contributed by atoms with Crippen LogP contribution in [0.2, 0.25) is 0 Å². The monoisotopic (exact) mass is 522 g/mol. The lowest BCUT2D eigenvalue weighted by atomic mass is 9.86. The third kappa shape index (κ3) is 8.92. The normalized spacial score (nSPS) is 14.2. The van der Waals surface area contributed by atoms with Gasteiger partial charge in [0.15, 0.2) is 0 Å². The van der Waals surface area contributed by atoms with E-state index in [4.69, 9.17) is 0 Å². The van der Waals surface area contributed by atoms with Crippen LogP contribution >= 0.6 is 11.3 Å². The summed E-state index contributed by atoms with van der Waals surface area (Å²) in [6.45, 7) is 9.23. The molecule has 0 fully saturated rings. The van der Waals surface area contributed by atoms with Crippen molar-refractivity contribution >= 4 is 46.2 Å². The number of hydrogen-bond acceptors (Lipinski definition) is 7. The zero-order valence-corrected chi connectivity index (χ0v) is 22.3. The van der Waals surface area contributed by atoms with Gasteiger partial charge in [-0.3, -0.25) is 14.8 Å². The molecule has 4 amide bonds. The molecule has 3 N–H and O–H groups in total. The Morgan fingerprint density at radius 2 is 1.89 bits per heavy atom. The largest absolute Gasteiger partial charge is 0.611 e. The van der Waals surface area contributed by atoms with Crippen molar-refractivity contribution in [3.05, 3.63) is 41.9 Å². The van der Waals surface area contributed by atoms with Gasteiger partial charge >= 0.3 is 6.03 Å². The van der Waals surface area contributed by atoms with Gasteiger partial charge in [-0.25, -0.2) is 9.78 Å². The molecule has 0 aromatic carbocycles. The summed E-state index contributed by atoms with van der Waals surface area (Å²) in [7, 11) is 0. The van der Waals surface area contributed by atoms with E-state index in [0.717, 1.165) is 0 Å². The lowest BCUT2D eigenvalue weighted by Crippen LogP contribution is -2.56.